The van der Waals surface area contributed by atoms with E-state index in [-0.39, 0.29) is 41.8 Å². The number of imide groups is 1. The Morgan fingerprint density at radius 1 is 0.973 bits per heavy atom. The number of pyridine rings is 1. The van der Waals surface area contributed by atoms with Gasteiger partial charge >= 0.3 is 6.09 Å². The monoisotopic (exact) mass is 630 g/mol. The number of carbonyl (C=O) groups is 2. The highest BCUT2D eigenvalue weighted by Gasteiger charge is 2.37. The summed E-state index contributed by atoms with van der Waals surface area (Å²) in [5, 5.41) is 0. The van der Waals surface area contributed by atoms with Crippen LogP contribution in [0.2, 0.25) is 0 Å². The molecule has 37 heavy (non-hydrogen) atoms. The second-order valence-corrected chi connectivity index (χ2v) is 10.6. The van der Waals surface area contributed by atoms with Crippen LogP contribution in [0, 0.1) is 5.41 Å². The molecule has 2 heterocycles. The fourth-order valence-corrected chi connectivity index (χ4v) is 5.10. The predicted octanol–water partition coefficient (Wildman–Crippen LogP) is 3.98. The van der Waals surface area contributed by atoms with E-state index in [1.807, 2.05) is 35.9 Å². The smallest absolute Gasteiger partial charge is 0.417 e. The number of hydrogen-bond donors (Lipinski definition) is 0. The molecule has 1 aromatic heterocycles. The van der Waals surface area contributed by atoms with E-state index in [0.29, 0.717) is 19.8 Å². The van der Waals surface area contributed by atoms with Crippen molar-refractivity contribution in [2.75, 3.05) is 19.8 Å². The van der Waals surface area contributed by atoms with Crippen LogP contribution in [-0.2, 0) is 27.4 Å². The number of aromatic nitrogens is 1. The van der Waals surface area contributed by atoms with Gasteiger partial charge in [-0.15, -0.1) is 0 Å². The van der Waals surface area contributed by atoms with Crippen molar-refractivity contribution in [3.63, 3.8) is 0 Å². The van der Waals surface area contributed by atoms with Crippen LogP contribution in [0.5, 0.6) is 0 Å². The Morgan fingerprint density at radius 2 is 1.59 bits per heavy atom. The number of rotatable bonds is 18. The van der Waals surface area contributed by atoms with Gasteiger partial charge in [0, 0.05) is 31.1 Å². The molecule has 1 atom stereocenters. The standard InChI is InChI=1S/C30H51N2O4.HI/c1-4-6-7-8-9-10-11-12-13-14-15-17-20-30(21-23-35-25-30)26-36-29(34)32(27(3)33)24-28-19-16-18-22-31(28)5-2;/h16,18-19,22H,4-15,17,20-21,23-26H2,1-3H3;1H/q+1;/p-1. The Hall–Kier alpha value is -1.22. The predicted molar refractivity (Wildman–Crippen MR) is 143 cm³/mol. The van der Waals surface area contributed by atoms with Crippen molar-refractivity contribution < 1.29 is 47.6 Å². The number of hydrogen-bond acceptors (Lipinski definition) is 4. The first-order chi connectivity index (χ1) is 17.5. The first-order valence-electron chi connectivity index (χ1n) is 14.5. The quantitative estimate of drug-likeness (QED) is 0.140. The zero-order chi connectivity index (χ0) is 26.1. The molecule has 0 saturated carbocycles. The summed E-state index contributed by atoms with van der Waals surface area (Å²) in [6, 6.07) is 5.81. The van der Waals surface area contributed by atoms with Gasteiger partial charge in [0.15, 0.2) is 6.20 Å². The maximum absolute atomic E-state index is 12.9. The van der Waals surface area contributed by atoms with Crippen molar-refractivity contribution in [2.45, 2.75) is 124 Å². The van der Waals surface area contributed by atoms with E-state index in [0.717, 1.165) is 31.5 Å². The zero-order valence-corrected chi connectivity index (χ0v) is 25.8. The Bertz CT molecular complexity index is 768. The van der Waals surface area contributed by atoms with Crippen LogP contribution in [0.25, 0.3) is 0 Å². The average molecular weight is 631 g/mol. The van der Waals surface area contributed by atoms with E-state index < -0.39 is 6.09 Å². The molecule has 0 aromatic carbocycles. The molecule has 6 nitrogen and oxygen atoms in total. The van der Waals surface area contributed by atoms with Crippen molar-refractivity contribution in [1.82, 2.24) is 4.90 Å². The summed E-state index contributed by atoms with van der Waals surface area (Å²) in [5.41, 5.74) is 0.787. The maximum atomic E-state index is 12.9. The molecule has 1 aliphatic rings. The topological polar surface area (TPSA) is 59.7 Å². The minimum Gasteiger partial charge on any atom is -1.00 e. The highest BCUT2D eigenvalue weighted by Crippen LogP contribution is 2.35. The van der Waals surface area contributed by atoms with Gasteiger partial charge in [0.1, 0.15) is 19.7 Å². The van der Waals surface area contributed by atoms with Gasteiger partial charge in [0.2, 0.25) is 11.6 Å². The van der Waals surface area contributed by atoms with Crippen LogP contribution < -0.4 is 28.5 Å². The zero-order valence-electron chi connectivity index (χ0n) is 23.6. The lowest BCUT2D eigenvalue weighted by Gasteiger charge is -2.28. The lowest BCUT2D eigenvalue weighted by atomic mass is 9.82. The van der Waals surface area contributed by atoms with Gasteiger partial charge < -0.3 is 33.5 Å². The normalized spacial score (nSPS) is 16.8. The molecular formula is C30H51IN2O4. The van der Waals surface area contributed by atoms with Gasteiger partial charge in [-0.05, 0) is 19.8 Å². The van der Waals surface area contributed by atoms with E-state index in [2.05, 4.69) is 6.92 Å². The highest BCUT2D eigenvalue weighted by atomic mass is 127. The van der Waals surface area contributed by atoms with Crippen molar-refractivity contribution in [2.24, 2.45) is 5.41 Å². The molecule has 7 heteroatoms. The molecule has 2 amide bonds. The van der Waals surface area contributed by atoms with Crippen LogP contribution in [0.3, 0.4) is 0 Å². The third-order valence-electron chi connectivity index (χ3n) is 7.54. The highest BCUT2D eigenvalue weighted by molar-refractivity contribution is 5.90. The Kier molecular flexibility index (Phi) is 18.1. The number of halogens is 1. The van der Waals surface area contributed by atoms with Crippen LogP contribution >= 0.6 is 0 Å². The molecule has 0 radical (unpaired) electrons. The molecule has 1 saturated heterocycles. The summed E-state index contributed by atoms with van der Waals surface area (Å²) in [5.74, 6) is -0.302. The summed E-state index contributed by atoms with van der Waals surface area (Å²) in [4.78, 5) is 26.4. The number of amides is 2. The van der Waals surface area contributed by atoms with Gasteiger partial charge in [-0.1, -0.05) is 90.0 Å². The van der Waals surface area contributed by atoms with Crippen molar-refractivity contribution in [3.8, 4) is 0 Å². The summed E-state index contributed by atoms with van der Waals surface area (Å²) in [6.07, 6.45) is 19.3. The fourth-order valence-electron chi connectivity index (χ4n) is 5.10. The first kappa shape index (κ1) is 33.8. The number of nitrogens with zero attached hydrogens (tertiary/aromatic N) is 2. The third-order valence-corrected chi connectivity index (χ3v) is 7.54. The minimum atomic E-state index is -0.560. The van der Waals surface area contributed by atoms with Gasteiger partial charge in [-0.2, -0.15) is 0 Å². The second kappa shape index (κ2) is 19.8. The minimum absolute atomic E-state index is 0. The number of carbonyl (C=O) groups excluding carboxylic acids is 2. The van der Waals surface area contributed by atoms with Gasteiger partial charge in [-0.25, -0.2) is 14.3 Å². The Labute approximate surface area is 242 Å². The van der Waals surface area contributed by atoms with Gasteiger partial charge in [-0.3, -0.25) is 4.79 Å². The summed E-state index contributed by atoms with van der Waals surface area (Å²) >= 11 is 0. The molecule has 212 valence electrons. The lowest BCUT2D eigenvalue weighted by Crippen LogP contribution is -3.00. The second-order valence-electron chi connectivity index (χ2n) is 10.6. The number of ether oxygens (including phenoxy) is 2. The fraction of sp³-hybridized carbons (Fsp3) is 0.767. The van der Waals surface area contributed by atoms with Crippen molar-refractivity contribution in [1.29, 1.82) is 0 Å². The van der Waals surface area contributed by atoms with Gasteiger partial charge in [0.05, 0.1) is 6.61 Å². The summed E-state index contributed by atoms with van der Waals surface area (Å²) in [6.45, 7) is 8.38. The van der Waals surface area contributed by atoms with Crippen LogP contribution in [0.15, 0.2) is 24.4 Å². The molecule has 0 bridgehead atoms. The van der Waals surface area contributed by atoms with E-state index in [1.54, 1.807) is 0 Å². The molecule has 1 unspecified atom stereocenters. The maximum Gasteiger partial charge on any atom is 0.417 e. The average Bonchev–Trinajstić information content (AvgIpc) is 3.35. The van der Waals surface area contributed by atoms with Gasteiger partial charge in [0.25, 0.3) is 0 Å². The molecule has 2 rings (SSSR count). The molecule has 1 aromatic rings. The molecule has 1 aliphatic heterocycles. The lowest BCUT2D eigenvalue weighted by molar-refractivity contribution is -0.701. The first-order valence-corrected chi connectivity index (χ1v) is 14.5. The van der Waals surface area contributed by atoms with E-state index >= 15 is 0 Å². The number of aryl methyl sites for hydroxylation is 1. The van der Waals surface area contributed by atoms with Crippen molar-refractivity contribution in [3.05, 3.63) is 30.1 Å². The van der Waals surface area contributed by atoms with E-state index in [4.69, 9.17) is 9.47 Å². The Morgan fingerprint density at radius 3 is 2.14 bits per heavy atom. The molecule has 0 aliphatic carbocycles. The van der Waals surface area contributed by atoms with E-state index in [9.17, 15) is 9.59 Å². The van der Waals surface area contributed by atoms with Crippen LogP contribution in [0.4, 0.5) is 4.79 Å². The third kappa shape index (κ3) is 12.9. The summed E-state index contributed by atoms with van der Waals surface area (Å²) < 4.78 is 13.5. The largest absolute Gasteiger partial charge is 1.00 e. The molecule has 1 fully saturated rings. The van der Waals surface area contributed by atoms with Crippen LogP contribution in [-0.4, -0.2) is 36.7 Å². The van der Waals surface area contributed by atoms with Crippen LogP contribution in [0.1, 0.15) is 116 Å². The molecule has 0 spiro atoms. The van der Waals surface area contributed by atoms with Crippen molar-refractivity contribution >= 4 is 12.0 Å². The molecule has 0 N–H and O–H groups in total. The molecular weight excluding hydrogens is 579 g/mol. The van der Waals surface area contributed by atoms with E-state index in [1.165, 1.54) is 82.5 Å². The summed E-state index contributed by atoms with van der Waals surface area (Å²) in [7, 11) is 0. The Balaban J connectivity index is 0.00000684. The number of unbranched alkanes of at least 4 members (excludes halogenated alkanes) is 11. The SMILES string of the molecule is CCCCCCCCCCCCCCC1(COC(=O)N(Cc2cccc[n+]2CC)C(C)=O)CCOC1.[I-].